The quantitative estimate of drug-likeness (QED) is 0.618. The zero-order chi connectivity index (χ0) is 15.9. The highest BCUT2D eigenvalue weighted by Gasteiger charge is 2.12. The van der Waals surface area contributed by atoms with Crippen molar-refractivity contribution in [1.82, 2.24) is 20.1 Å². The largest absolute Gasteiger partial charge is 0.356 e. The zero-order valence-electron chi connectivity index (χ0n) is 12.6. The summed E-state index contributed by atoms with van der Waals surface area (Å²) in [6, 6.07) is 9.19. The predicted molar refractivity (Wildman–Crippen MR) is 84.9 cm³/mol. The Morgan fingerprint density at radius 3 is 2.64 bits per heavy atom. The molecule has 0 bridgehead atoms. The van der Waals surface area contributed by atoms with Crippen molar-refractivity contribution in [2.75, 3.05) is 12.3 Å². The van der Waals surface area contributed by atoms with Crippen molar-refractivity contribution in [2.24, 2.45) is 7.05 Å². The normalized spacial score (nSPS) is 10.5. The molecule has 6 nitrogen and oxygen atoms in total. The van der Waals surface area contributed by atoms with Gasteiger partial charge in [-0.15, -0.1) is 10.2 Å². The monoisotopic (exact) mass is 318 g/mol. The summed E-state index contributed by atoms with van der Waals surface area (Å²) in [5.41, 5.74) is 0.697. The van der Waals surface area contributed by atoms with E-state index >= 15 is 0 Å². The molecule has 1 amide bonds. The van der Waals surface area contributed by atoms with Gasteiger partial charge in [0.05, 0.1) is 5.75 Å². The second-order valence-electron chi connectivity index (χ2n) is 4.77. The van der Waals surface area contributed by atoms with Gasteiger partial charge in [0, 0.05) is 32.5 Å². The Labute approximate surface area is 133 Å². The van der Waals surface area contributed by atoms with E-state index in [1.807, 2.05) is 29.8 Å². The molecule has 116 valence electrons. The number of hydrogen-bond acceptors (Lipinski definition) is 5. The van der Waals surface area contributed by atoms with Crippen LogP contribution in [0.2, 0.25) is 0 Å². The van der Waals surface area contributed by atoms with Crippen LogP contribution in [0.25, 0.3) is 0 Å². The third kappa shape index (κ3) is 4.42. The molecule has 1 N–H and O–H groups in total. The highest BCUT2D eigenvalue weighted by molar-refractivity contribution is 7.99. The number of benzene rings is 1. The standard InChI is InChI=1S/C15H18N4O2S/c1-11(20)16-9-8-14-17-18-15(19(14)2)22-10-13(21)12-6-4-3-5-7-12/h3-7H,8-10H2,1-2H3,(H,16,20). The summed E-state index contributed by atoms with van der Waals surface area (Å²) < 4.78 is 1.85. The summed E-state index contributed by atoms with van der Waals surface area (Å²) in [5, 5.41) is 11.6. The predicted octanol–water partition coefficient (Wildman–Crippen LogP) is 1.47. The highest BCUT2D eigenvalue weighted by atomic mass is 32.2. The molecule has 0 spiro atoms. The van der Waals surface area contributed by atoms with Crippen LogP contribution in [0, 0.1) is 0 Å². The van der Waals surface area contributed by atoms with E-state index in [1.165, 1.54) is 18.7 Å². The van der Waals surface area contributed by atoms with Gasteiger partial charge in [0.25, 0.3) is 0 Å². The summed E-state index contributed by atoms with van der Waals surface area (Å²) in [5.74, 6) is 1.10. The second-order valence-corrected chi connectivity index (χ2v) is 5.71. The number of hydrogen-bond donors (Lipinski definition) is 1. The Morgan fingerprint density at radius 1 is 1.23 bits per heavy atom. The van der Waals surface area contributed by atoms with Crippen LogP contribution in [0.4, 0.5) is 0 Å². The van der Waals surface area contributed by atoms with Crippen LogP contribution < -0.4 is 5.32 Å². The molecule has 0 unspecified atom stereocenters. The number of carbonyl (C=O) groups is 2. The topological polar surface area (TPSA) is 76.9 Å². The first-order valence-electron chi connectivity index (χ1n) is 6.91. The van der Waals surface area contributed by atoms with Crippen molar-refractivity contribution in [3.8, 4) is 0 Å². The fraction of sp³-hybridized carbons (Fsp3) is 0.333. The first-order valence-corrected chi connectivity index (χ1v) is 7.90. The number of Topliss-reactive ketones (excluding diaryl/α,β-unsaturated/α-hetero) is 1. The lowest BCUT2D eigenvalue weighted by Gasteiger charge is -2.04. The molecule has 0 fully saturated rings. The molecule has 0 saturated carbocycles. The van der Waals surface area contributed by atoms with Crippen molar-refractivity contribution in [3.63, 3.8) is 0 Å². The highest BCUT2D eigenvalue weighted by Crippen LogP contribution is 2.17. The van der Waals surface area contributed by atoms with Crippen LogP contribution in [0.5, 0.6) is 0 Å². The third-order valence-electron chi connectivity index (χ3n) is 3.08. The SMILES string of the molecule is CC(=O)NCCc1nnc(SCC(=O)c2ccccc2)n1C. The number of carbonyl (C=O) groups excluding carboxylic acids is 2. The Balaban J connectivity index is 1.89. The zero-order valence-corrected chi connectivity index (χ0v) is 13.4. The average molecular weight is 318 g/mol. The molecule has 0 aliphatic carbocycles. The molecule has 1 heterocycles. The fourth-order valence-electron chi connectivity index (χ4n) is 1.88. The third-order valence-corrected chi connectivity index (χ3v) is 4.10. The number of nitrogens with zero attached hydrogens (tertiary/aromatic N) is 3. The molecule has 0 aliphatic rings. The van der Waals surface area contributed by atoms with E-state index in [0.717, 1.165) is 5.82 Å². The van der Waals surface area contributed by atoms with Crippen LogP contribution in [0.15, 0.2) is 35.5 Å². The number of rotatable bonds is 7. The second kappa shape index (κ2) is 7.74. The van der Waals surface area contributed by atoms with Crippen molar-refractivity contribution in [3.05, 3.63) is 41.7 Å². The molecule has 0 aliphatic heterocycles. The summed E-state index contributed by atoms with van der Waals surface area (Å²) in [6.07, 6.45) is 0.607. The molecular formula is C15H18N4O2S. The van der Waals surface area contributed by atoms with Gasteiger partial charge in [0.1, 0.15) is 5.82 Å². The minimum atomic E-state index is -0.0646. The Bertz CT molecular complexity index is 655. The van der Waals surface area contributed by atoms with Gasteiger partial charge in [0.15, 0.2) is 10.9 Å². The summed E-state index contributed by atoms with van der Waals surface area (Å²) in [4.78, 5) is 22.9. The van der Waals surface area contributed by atoms with Crippen molar-refractivity contribution >= 4 is 23.5 Å². The van der Waals surface area contributed by atoms with Crippen molar-refractivity contribution < 1.29 is 9.59 Å². The number of amides is 1. The summed E-state index contributed by atoms with van der Waals surface area (Å²) in [7, 11) is 1.86. The van der Waals surface area contributed by atoms with E-state index in [2.05, 4.69) is 15.5 Å². The van der Waals surface area contributed by atoms with Crippen LogP contribution in [0.3, 0.4) is 0 Å². The van der Waals surface area contributed by atoms with Gasteiger partial charge < -0.3 is 9.88 Å². The average Bonchev–Trinajstić information content (AvgIpc) is 2.86. The number of aromatic nitrogens is 3. The first kappa shape index (κ1) is 16.2. The van der Waals surface area contributed by atoms with Gasteiger partial charge in [-0.05, 0) is 0 Å². The summed E-state index contributed by atoms with van der Waals surface area (Å²) in [6.45, 7) is 2.00. The molecular weight excluding hydrogens is 300 g/mol. The number of ketones is 1. The van der Waals surface area contributed by atoms with Crippen LogP contribution in [-0.4, -0.2) is 38.8 Å². The molecule has 0 saturated heterocycles. The lowest BCUT2D eigenvalue weighted by Crippen LogP contribution is -2.23. The summed E-state index contributed by atoms with van der Waals surface area (Å²) >= 11 is 1.36. The van der Waals surface area contributed by atoms with Crippen LogP contribution in [0.1, 0.15) is 23.1 Å². The molecule has 1 aromatic carbocycles. The molecule has 1 aromatic heterocycles. The fourth-order valence-corrected chi connectivity index (χ4v) is 2.70. The van der Waals surface area contributed by atoms with E-state index < -0.39 is 0 Å². The van der Waals surface area contributed by atoms with E-state index in [0.29, 0.717) is 29.4 Å². The van der Waals surface area contributed by atoms with Gasteiger partial charge in [-0.25, -0.2) is 0 Å². The number of nitrogens with one attached hydrogen (secondary N) is 1. The molecule has 7 heteroatoms. The molecule has 2 aromatic rings. The van der Waals surface area contributed by atoms with Crippen LogP contribution in [-0.2, 0) is 18.3 Å². The smallest absolute Gasteiger partial charge is 0.216 e. The van der Waals surface area contributed by atoms with Gasteiger partial charge in [0.2, 0.25) is 5.91 Å². The Morgan fingerprint density at radius 2 is 1.95 bits per heavy atom. The first-order chi connectivity index (χ1) is 10.6. The van der Waals surface area contributed by atoms with Gasteiger partial charge in [-0.3, -0.25) is 9.59 Å². The van der Waals surface area contributed by atoms with E-state index in [9.17, 15) is 9.59 Å². The van der Waals surface area contributed by atoms with Crippen molar-refractivity contribution in [2.45, 2.75) is 18.5 Å². The van der Waals surface area contributed by atoms with E-state index in [-0.39, 0.29) is 11.7 Å². The Kier molecular flexibility index (Phi) is 5.71. The maximum absolute atomic E-state index is 12.1. The van der Waals surface area contributed by atoms with Gasteiger partial charge in [-0.2, -0.15) is 0 Å². The van der Waals surface area contributed by atoms with Gasteiger partial charge >= 0.3 is 0 Å². The lowest BCUT2D eigenvalue weighted by atomic mass is 10.2. The molecule has 22 heavy (non-hydrogen) atoms. The maximum Gasteiger partial charge on any atom is 0.216 e. The minimum Gasteiger partial charge on any atom is -0.356 e. The minimum absolute atomic E-state index is 0.0633. The van der Waals surface area contributed by atoms with Crippen LogP contribution >= 0.6 is 11.8 Å². The number of thioether (sulfide) groups is 1. The van der Waals surface area contributed by atoms with E-state index in [1.54, 1.807) is 12.1 Å². The van der Waals surface area contributed by atoms with Gasteiger partial charge in [-0.1, -0.05) is 42.1 Å². The maximum atomic E-state index is 12.1. The molecule has 0 atom stereocenters. The Hall–Kier alpha value is -2.15. The van der Waals surface area contributed by atoms with Crippen molar-refractivity contribution in [1.29, 1.82) is 0 Å². The molecule has 0 radical (unpaired) electrons. The lowest BCUT2D eigenvalue weighted by molar-refractivity contribution is -0.118. The van der Waals surface area contributed by atoms with E-state index in [4.69, 9.17) is 0 Å². The molecule has 2 rings (SSSR count).